The molecule has 6 heteroatoms. The van der Waals surface area contributed by atoms with Crippen molar-refractivity contribution in [2.75, 3.05) is 0 Å². The zero-order valence-corrected chi connectivity index (χ0v) is 14.4. The summed E-state index contributed by atoms with van der Waals surface area (Å²) in [6.45, 7) is 3.64. The highest BCUT2D eigenvalue weighted by Gasteiger charge is 2.14. The topological polar surface area (TPSA) is 61.2 Å². The number of aromatic nitrogens is 2. The Kier molecular flexibility index (Phi) is 4.76. The van der Waals surface area contributed by atoms with Gasteiger partial charge in [-0.25, -0.2) is 4.98 Å². The maximum Gasteiger partial charge on any atom is 0.326 e. The Morgan fingerprint density at radius 3 is 2.79 bits per heavy atom. The van der Waals surface area contributed by atoms with Crippen LogP contribution in [-0.2, 0) is 16.1 Å². The van der Waals surface area contributed by atoms with Crippen LogP contribution in [0.3, 0.4) is 0 Å². The van der Waals surface area contributed by atoms with Crippen molar-refractivity contribution in [1.29, 1.82) is 0 Å². The van der Waals surface area contributed by atoms with E-state index < -0.39 is 5.97 Å². The summed E-state index contributed by atoms with van der Waals surface area (Å²) in [6.07, 6.45) is 1.99. The van der Waals surface area contributed by atoms with Gasteiger partial charge in [0, 0.05) is 4.88 Å². The summed E-state index contributed by atoms with van der Waals surface area (Å²) in [4.78, 5) is 30.4. The van der Waals surface area contributed by atoms with Crippen LogP contribution in [-0.4, -0.2) is 21.6 Å². The molecule has 0 spiro atoms. The van der Waals surface area contributed by atoms with Crippen molar-refractivity contribution in [2.45, 2.75) is 32.9 Å². The van der Waals surface area contributed by atoms with Crippen molar-refractivity contribution >= 4 is 27.5 Å². The molecule has 0 aliphatic carbocycles. The fraction of sp³-hybridized carbons (Fsp3) is 0.278. The number of carbonyl (C=O) groups excluding carboxylic acids is 1. The van der Waals surface area contributed by atoms with E-state index in [0.29, 0.717) is 10.2 Å². The maximum absolute atomic E-state index is 12.6. The highest BCUT2D eigenvalue weighted by Crippen LogP contribution is 2.30. The molecule has 0 N–H and O–H groups in total. The van der Waals surface area contributed by atoms with Gasteiger partial charge in [-0.3, -0.25) is 14.2 Å². The van der Waals surface area contributed by atoms with E-state index in [1.54, 1.807) is 0 Å². The SMILES string of the molecule is CCC(C)OC(=O)Cn1cnc2sc(-c3ccccc3)cc2c1=O. The van der Waals surface area contributed by atoms with Crippen molar-refractivity contribution in [3.8, 4) is 10.4 Å². The summed E-state index contributed by atoms with van der Waals surface area (Å²) >= 11 is 1.47. The summed E-state index contributed by atoms with van der Waals surface area (Å²) in [7, 11) is 0. The minimum atomic E-state index is -0.425. The second-order valence-electron chi connectivity index (χ2n) is 5.58. The van der Waals surface area contributed by atoms with Crippen LogP contribution in [0.5, 0.6) is 0 Å². The first-order valence-corrected chi connectivity index (χ1v) is 8.64. The van der Waals surface area contributed by atoms with Crippen molar-refractivity contribution < 1.29 is 9.53 Å². The van der Waals surface area contributed by atoms with E-state index >= 15 is 0 Å². The van der Waals surface area contributed by atoms with Crippen LogP contribution >= 0.6 is 11.3 Å². The number of rotatable bonds is 5. The first-order valence-electron chi connectivity index (χ1n) is 7.82. The molecule has 0 fully saturated rings. The van der Waals surface area contributed by atoms with E-state index in [4.69, 9.17) is 4.74 Å². The Bertz CT molecular complexity index is 915. The molecule has 0 amide bonds. The van der Waals surface area contributed by atoms with E-state index in [0.717, 1.165) is 16.9 Å². The van der Waals surface area contributed by atoms with Crippen LogP contribution in [0.25, 0.3) is 20.7 Å². The predicted molar refractivity (Wildman–Crippen MR) is 95.2 cm³/mol. The lowest BCUT2D eigenvalue weighted by molar-refractivity contribution is -0.149. The molecule has 2 heterocycles. The quantitative estimate of drug-likeness (QED) is 0.666. The predicted octanol–water partition coefficient (Wildman–Crippen LogP) is 3.47. The fourth-order valence-corrected chi connectivity index (χ4v) is 3.30. The smallest absolute Gasteiger partial charge is 0.326 e. The largest absolute Gasteiger partial charge is 0.461 e. The van der Waals surface area contributed by atoms with Gasteiger partial charge in [-0.05, 0) is 25.0 Å². The van der Waals surface area contributed by atoms with Gasteiger partial charge in [-0.15, -0.1) is 11.3 Å². The van der Waals surface area contributed by atoms with Gasteiger partial charge in [-0.2, -0.15) is 0 Å². The molecule has 1 unspecified atom stereocenters. The molecule has 0 aliphatic heterocycles. The minimum absolute atomic E-state index is 0.122. The number of benzene rings is 1. The van der Waals surface area contributed by atoms with Crippen LogP contribution in [0.2, 0.25) is 0 Å². The van der Waals surface area contributed by atoms with Crippen LogP contribution in [0.1, 0.15) is 20.3 Å². The molecule has 3 aromatic rings. The third-order valence-electron chi connectivity index (χ3n) is 3.78. The number of esters is 1. The number of fused-ring (bicyclic) bond motifs is 1. The highest BCUT2D eigenvalue weighted by atomic mass is 32.1. The number of nitrogens with zero attached hydrogens (tertiary/aromatic N) is 2. The number of hydrogen-bond acceptors (Lipinski definition) is 5. The summed E-state index contributed by atoms with van der Waals surface area (Å²) < 4.78 is 6.52. The van der Waals surface area contributed by atoms with Crippen LogP contribution < -0.4 is 5.56 Å². The average molecular weight is 342 g/mol. The molecule has 1 atom stereocenters. The number of ether oxygens (including phenoxy) is 1. The molecule has 1 aromatic carbocycles. The fourth-order valence-electron chi connectivity index (χ4n) is 2.30. The van der Waals surface area contributed by atoms with Gasteiger partial charge in [0.2, 0.25) is 0 Å². The Hall–Kier alpha value is -2.47. The van der Waals surface area contributed by atoms with Gasteiger partial charge >= 0.3 is 5.97 Å². The van der Waals surface area contributed by atoms with E-state index in [-0.39, 0.29) is 18.2 Å². The Balaban J connectivity index is 1.91. The number of hydrogen-bond donors (Lipinski definition) is 0. The summed E-state index contributed by atoms with van der Waals surface area (Å²) in [5.74, 6) is -0.425. The molecule has 3 rings (SSSR count). The maximum atomic E-state index is 12.6. The summed E-state index contributed by atoms with van der Waals surface area (Å²) in [5.41, 5.74) is 0.821. The molecule has 0 saturated heterocycles. The zero-order chi connectivity index (χ0) is 17.1. The third kappa shape index (κ3) is 3.38. The van der Waals surface area contributed by atoms with Gasteiger partial charge in [0.25, 0.3) is 5.56 Å². The number of carbonyl (C=O) groups is 1. The molecular weight excluding hydrogens is 324 g/mol. The molecule has 24 heavy (non-hydrogen) atoms. The van der Waals surface area contributed by atoms with Crippen molar-refractivity contribution in [3.63, 3.8) is 0 Å². The lowest BCUT2D eigenvalue weighted by Crippen LogP contribution is -2.27. The van der Waals surface area contributed by atoms with Crippen molar-refractivity contribution in [2.24, 2.45) is 0 Å². The standard InChI is InChI=1S/C18H18N2O3S/c1-3-12(2)23-16(21)10-20-11-19-17-14(18(20)22)9-15(24-17)13-7-5-4-6-8-13/h4-9,11-12H,3,10H2,1-2H3. The van der Waals surface area contributed by atoms with E-state index in [1.165, 1.54) is 22.2 Å². The van der Waals surface area contributed by atoms with Gasteiger partial charge in [0.05, 0.1) is 17.8 Å². The molecule has 0 radical (unpaired) electrons. The molecule has 0 saturated carbocycles. The van der Waals surface area contributed by atoms with Gasteiger partial charge in [-0.1, -0.05) is 37.3 Å². The normalized spacial score (nSPS) is 12.2. The Morgan fingerprint density at radius 1 is 1.33 bits per heavy atom. The zero-order valence-electron chi connectivity index (χ0n) is 13.6. The molecule has 2 aromatic heterocycles. The summed E-state index contributed by atoms with van der Waals surface area (Å²) in [6, 6.07) is 11.7. The number of thiophene rings is 1. The van der Waals surface area contributed by atoms with Crippen molar-refractivity contribution in [3.05, 3.63) is 53.1 Å². The summed E-state index contributed by atoms with van der Waals surface area (Å²) in [5, 5.41) is 0.526. The second kappa shape index (κ2) is 6.97. The average Bonchev–Trinajstić information content (AvgIpc) is 3.03. The van der Waals surface area contributed by atoms with E-state index in [9.17, 15) is 9.59 Å². The van der Waals surface area contributed by atoms with E-state index in [2.05, 4.69) is 4.98 Å². The molecular formula is C18H18N2O3S. The van der Waals surface area contributed by atoms with Gasteiger partial charge in [0.1, 0.15) is 11.4 Å². The molecule has 0 aliphatic rings. The second-order valence-corrected chi connectivity index (χ2v) is 6.61. The monoisotopic (exact) mass is 342 g/mol. The lowest BCUT2D eigenvalue weighted by atomic mass is 10.2. The van der Waals surface area contributed by atoms with Crippen LogP contribution in [0, 0.1) is 0 Å². The third-order valence-corrected chi connectivity index (χ3v) is 4.88. The molecule has 124 valence electrons. The van der Waals surface area contributed by atoms with Crippen molar-refractivity contribution in [1.82, 2.24) is 9.55 Å². The minimum Gasteiger partial charge on any atom is -0.461 e. The van der Waals surface area contributed by atoms with Gasteiger partial charge < -0.3 is 4.74 Å². The first-order chi connectivity index (χ1) is 11.6. The Labute approximate surface area is 143 Å². The molecule has 0 bridgehead atoms. The van der Waals surface area contributed by atoms with E-state index in [1.807, 2.05) is 50.2 Å². The lowest BCUT2D eigenvalue weighted by Gasteiger charge is -2.11. The van der Waals surface area contributed by atoms with Crippen LogP contribution in [0.15, 0.2) is 47.5 Å². The Morgan fingerprint density at radius 2 is 2.08 bits per heavy atom. The first kappa shape index (κ1) is 16.4. The highest BCUT2D eigenvalue weighted by molar-refractivity contribution is 7.21. The molecule has 5 nitrogen and oxygen atoms in total. The van der Waals surface area contributed by atoms with Crippen LogP contribution in [0.4, 0.5) is 0 Å². The van der Waals surface area contributed by atoms with Gasteiger partial charge in [0.15, 0.2) is 0 Å².